The van der Waals surface area contributed by atoms with E-state index in [1.807, 2.05) is 0 Å². The zero-order chi connectivity index (χ0) is 27.9. The van der Waals surface area contributed by atoms with Crippen LogP contribution in [0.25, 0.3) is 11.3 Å². The molecule has 4 aromatic rings. The van der Waals surface area contributed by atoms with E-state index >= 15 is 0 Å². The highest BCUT2D eigenvalue weighted by molar-refractivity contribution is 6.35. The van der Waals surface area contributed by atoms with Gasteiger partial charge in [-0.3, -0.25) is 9.78 Å². The highest BCUT2D eigenvalue weighted by Gasteiger charge is 2.18. The first kappa shape index (κ1) is 27.7. The quantitative estimate of drug-likeness (QED) is 0.125. The standard InChI is InChI=1S/C26H24Cl2N6O5/c1-14-32-24(30-9-2-3-22(35)36)23(25(33-14)34-20-8-10-29-13-18(20)26(37)38)31-12-16-5-7-21(39-16)17-11-15(27)4-6-19(17)28/h4-8,10-11,13,31H,2-3,9,12H2,1H3,(H,35,36)(H,37,38)(H2,29,30,32,33,34). The molecule has 0 radical (unpaired) electrons. The fourth-order valence-electron chi connectivity index (χ4n) is 3.69. The molecule has 0 saturated heterocycles. The van der Waals surface area contributed by atoms with Crippen molar-refractivity contribution >= 4 is 58.2 Å². The molecule has 1 aromatic carbocycles. The summed E-state index contributed by atoms with van der Waals surface area (Å²) in [5, 5.41) is 29.0. The van der Waals surface area contributed by atoms with Gasteiger partial charge in [-0.25, -0.2) is 14.8 Å². The van der Waals surface area contributed by atoms with Crippen molar-refractivity contribution < 1.29 is 24.2 Å². The summed E-state index contributed by atoms with van der Waals surface area (Å²) in [7, 11) is 0. The van der Waals surface area contributed by atoms with E-state index in [9.17, 15) is 14.7 Å². The SMILES string of the molecule is Cc1nc(NCCCC(=O)O)c(NCc2ccc(-c3cc(Cl)ccc3Cl)o2)c(Nc2ccncc2C(=O)O)n1. The topological polar surface area (TPSA) is 162 Å². The number of furan rings is 1. The van der Waals surface area contributed by atoms with E-state index in [0.29, 0.717) is 63.2 Å². The molecule has 0 unspecified atom stereocenters. The van der Waals surface area contributed by atoms with Crippen molar-refractivity contribution in [1.82, 2.24) is 15.0 Å². The number of rotatable bonds is 12. The van der Waals surface area contributed by atoms with Gasteiger partial charge in [-0.1, -0.05) is 23.2 Å². The second-order valence-corrected chi connectivity index (χ2v) is 9.21. The average Bonchev–Trinajstić information content (AvgIpc) is 3.36. The summed E-state index contributed by atoms with van der Waals surface area (Å²) in [6.45, 7) is 2.24. The second kappa shape index (κ2) is 12.5. The molecule has 3 heterocycles. The molecule has 0 bridgehead atoms. The zero-order valence-electron chi connectivity index (χ0n) is 20.7. The van der Waals surface area contributed by atoms with Crippen molar-refractivity contribution in [2.24, 2.45) is 0 Å². The van der Waals surface area contributed by atoms with E-state index in [2.05, 4.69) is 30.9 Å². The Bertz CT molecular complexity index is 1510. The van der Waals surface area contributed by atoms with Crippen LogP contribution in [0, 0.1) is 6.92 Å². The van der Waals surface area contributed by atoms with Gasteiger partial charge in [0.1, 0.15) is 28.6 Å². The lowest BCUT2D eigenvalue weighted by molar-refractivity contribution is -0.137. The number of nitrogens with one attached hydrogen (secondary N) is 3. The molecule has 0 atom stereocenters. The first-order valence-electron chi connectivity index (χ1n) is 11.8. The highest BCUT2D eigenvalue weighted by atomic mass is 35.5. The fourth-order valence-corrected chi connectivity index (χ4v) is 4.07. The predicted octanol–water partition coefficient (Wildman–Crippen LogP) is 6.08. The Labute approximate surface area is 233 Å². The van der Waals surface area contributed by atoms with Crippen molar-refractivity contribution in [2.75, 3.05) is 22.5 Å². The number of anilines is 4. The van der Waals surface area contributed by atoms with Crippen molar-refractivity contribution in [1.29, 1.82) is 0 Å². The molecule has 5 N–H and O–H groups in total. The Morgan fingerprint density at radius 2 is 1.82 bits per heavy atom. The van der Waals surface area contributed by atoms with E-state index in [4.69, 9.17) is 32.7 Å². The maximum Gasteiger partial charge on any atom is 0.339 e. The Balaban J connectivity index is 1.63. The molecule has 3 aromatic heterocycles. The lowest BCUT2D eigenvalue weighted by atomic mass is 10.2. The Hall–Kier alpha value is -4.35. The number of benzene rings is 1. The van der Waals surface area contributed by atoms with Gasteiger partial charge in [-0.05, 0) is 49.7 Å². The lowest BCUT2D eigenvalue weighted by Gasteiger charge is -2.18. The molecule has 0 amide bonds. The number of hydrogen-bond acceptors (Lipinski definition) is 9. The molecule has 39 heavy (non-hydrogen) atoms. The number of halogens is 2. The van der Waals surface area contributed by atoms with Crippen LogP contribution in [0.4, 0.5) is 23.0 Å². The minimum absolute atomic E-state index is 0.00877. The van der Waals surface area contributed by atoms with Gasteiger partial charge in [-0.2, -0.15) is 0 Å². The molecule has 11 nitrogen and oxygen atoms in total. The van der Waals surface area contributed by atoms with Crippen LogP contribution in [0.2, 0.25) is 10.0 Å². The molecule has 0 fully saturated rings. The fraction of sp³-hybridized carbons (Fsp3) is 0.192. The first-order chi connectivity index (χ1) is 18.7. The minimum atomic E-state index is -1.15. The summed E-state index contributed by atoms with van der Waals surface area (Å²) in [5.74, 6) is 0.176. The summed E-state index contributed by atoms with van der Waals surface area (Å²) in [4.78, 5) is 35.5. The van der Waals surface area contributed by atoms with Crippen molar-refractivity contribution in [3.05, 3.63) is 76.0 Å². The molecule has 202 valence electrons. The maximum atomic E-state index is 11.7. The summed E-state index contributed by atoms with van der Waals surface area (Å²) in [5.41, 5.74) is 1.33. The van der Waals surface area contributed by atoms with Crippen LogP contribution in [-0.4, -0.2) is 43.6 Å². The third kappa shape index (κ3) is 7.15. The Morgan fingerprint density at radius 3 is 2.59 bits per heavy atom. The number of pyridine rings is 1. The third-order valence-electron chi connectivity index (χ3n) is 5.48. The van der Waals surface area contributed by atoms with Gasteiger partial charge in [-0.15, -0.1) is 0 Å². The zero-order valence-corrected chi connectivity index (χ0v) is 22.2. The van der Waals surface area contributed by atoms with Gasteiger partial charge in [0.05, 0.1) is 17.3 Å². The maximum absolute atomic E-state index is 11.7. The summed E-state index contributed by atoms with van der Waals surface area (Å²) < 4.78 is 5.99. The van der Waals surface area contributed by atoms with Crippen LogP contribution in [-0.2, 0) is 11.3 Å². The van der Waals surface area contributed by atoms with Gasteiger partial charge in [0.15, 0.2) is 11.6 Å². The monoisotopic (exact) mass is 570 g/mol. The molecule has 0 saturated carbocycles. The number of carboxylic acids is 2. The number of aromatic carboxylic acids is 1. The molecule has 4 rings (SSSR count). The van der Waals surface area contributed by atoms with Crippen molar-refractivity contribution in [3.8, 4) is 11.3 Å². The second-order valence-electron chi connectivity index (χ2n) is 8.36. The molecule has 0 aliphatic rings. The largest absolute Gasteiger partial charge is 0.481 e. The molecule has 13 heteroatoms. The van der Waals surface area contributed by atoms with Crippen molar-refractivity contribution in [3.63, 3.8) is 0 Å². The molecular formula is C26H24Cl2N6O5. The number of aryl methyl sites for hydroxylation is 1. The Kier molecular flexibility index (Phi) is 8.84. The molecule has 0 aliphatic heterocycles. The number of carboxylic acid groups (broad SMARTS) is 2. The van der Waals surface area contributed by atoms with Gasteiger partial charge >= 0.3 is 11.9 Å². The Morgan fingerprint density at radius 1 is 1.03 bits per heavy atom. The van der Waals surface area contributed by atoms with Gasteiger partial charge < -0.3 is 30.6 Å². The predicted molar refractivity (Wildman–Crippen MR) is 148 cm³/mol. The average molecular weight is 571 g/mol. The van der Waals surface area contributed by atoms with Crippen molar-refractivity contribution in [2.45, 2.75) is 26.3 Å². The third-order valence-corrected chi connectivity index (χ3v) is 6.04. The summed E-state index contributed by atoms with van der Waals surface area (Å²) >= 11 is 12.4. The minimum Gasteiger partial charge on any atom is -0.481 e. The lowest BCUT2D eigenvalue weighted by Crippen LogP contribution is -2.14. The normalized spacial score (nSPS) is 10.7. The van der Waals surface area contributed by atoms with Gasteiger partial charge in [0, 0.05) is 35.9 Å². The number of carbonyl (C=O) groups is 2. The van der Waals surface area contributed by atoms with E-state index in [1.165, 1.54) is 18.5 Å². The van der Waals surface area contributed by atoms with Crippen LogP contribution in [0.1, 0.15) is 34.8 Å². The molecular weight excluding hydrogens is 547 g/mol. The number of nitrogens with zero attached hydrogens (tertiary/aromatic N) is 3. The van der Waals surface area contributed by atoms with E-state index in [-0.39, 0.29) is 24.2 Å². The van der Waals surface area contributed by atoms with Crippen LogP contribution >= 0.6 is 23.2 Å². The number of aliphatic carboxylic acids is 1. The van der Waals surface area contributed by atoms with E-state index in [1.54, 1.807) is 37.3 Å². The van der Waals surface area contributed by atoms with Crippen LogP contribution in [0.15, 0.2) is 53.2 Å². The van der Waals surface area contributed by atoms with E-state index < -0.39 is 11.9 Å². The summed E-state index contributed by atoms with van der Waals surface area (Å²) in [6.07, 6.45) is 3.07. The van der Waals surface area contributed by atoms with Crippen LogP contribution in [0.3, 0.4) is 0 Å². The van der Waals surface area contributed by atoms with Crippen LogP contribution < -0.4 is 16.0 Å². The van der Waals surface area contributed by atoms with Gasteiger partial charge in [0.2, 0.25) is 0 Å². The highest BCUT2D eigenvalue weighted by Crippen LogP contribution is 2.34. The van der Waals surface area contributed by atoms with Crippen LogP contribution in [0.5, 0.6) is 0 Å². The van der Waals surface area contributed by atoms with Gasteiger partial charge in [0.25, 0.3) is 0 Å². The molecule has 0 spiro atoms. The number of aromatic nitrogens is 3. The first-order valence-corrected chi connectivity index (χ1v) is 12.5. The number of hydrogen-bond donors (Lipinski definition) is 5. The molecule has 0 aliphatic carbocycles. The van der Waals surface area contributed by atoms with E-state index in [0.717, 1.165) is 0 Å². The summed E-state index contributed by atoms with van der Waals surface area (Å²) in [6, 6.07) is 10.2. The smallest absolute Gasteiger partial charge is 0.339 e.